The number of hydrogen-bond donors (Lipinski definition) is 2. The first-order valence-electron chi connectivity index (χ1n) is 5.29. The van der Waals surface area contributed by atoms with Crippen LogP contribution in [0.1, 0.15) is 38.5 Å². The molecule has 0 bridgehead atoms. The van der Waals surface area contributed by atoms with Gasteiger partial charge in [0.05, 0.1) is 6.10 Å². The first-order chi connectivity index (χ1) is 5.88. The summed E-state index contributed by atoms with van der Waals surface area (Å²) in [6.45, 7) is 1.16. The van der Waals surface area contributed by atoms with Crippen molar-refractivity contribution in [3.8, 4) is 0 Å². The van der Waals surface area contributed by atoms with E-state index in [1.807, 2.05) is 0 Å². The van der Waals surface area contributed by atoms with Gasteiger partial charge in [-0.2, -0.15) is 0 Å². The summed E-state index contributed by atoms with van der Waals surface area (Å²) < 4.78 is 0. The molecule has 0 spiro atoms. The van der Waals surface area contributed by atoms with Crippen LogP contribution in [-0.2, 0) is 0 Å². The molecule has 1 heterocycles. The molecule has 3 atom stereocenters. The fourth-order valence-corrected chi connectivity index (χ4v) is 2.69. The molecule has 2 N–H and O–H groups in total. The summed E-state index contributed by atoms with van der Waals surface area (Å²) in [5.74, 6) is 0.557. The maximum Gasteiger partial charge on any atom is 0.0583 e. The fourth-order valence-electron chi connectivity index (χ4n) is 2.69. The van der Waals surface area contributed by atoms with Crippen molar-refractivity contribution < 1.29 is 5.11 Å². The van der Waals surface area contributed by atoms with Gasteiger partial charge in [-0.05, 0) is 32.2 Å². The van der Waals surface area contributed by atoms with Crippen LogP contribution >= 0.6 is 0 Å². The molecule has 2 aliphatic rings. The second kappa shape index (κ2) is 3.75. The van der Waals surface area contributed by atoms with Gasteiger partial charge in [0.1, 0.15) is 0 Å². The zero-order valence-electron chi connectivity index (χ0n) is 7.63. The van der Waals surface area contributed by atoms with Gasteiger partial charge in [-0.3, -0.25) is 0 Å². The van der Waals surface area contributed by atoms with E-state index in [9.17, 15) is 5.11 Å². The quantitative estimate of drug-likeness (QED) is 0.620. The molecule has 1 saturated heterocycles. The van der Waals surface area contributed by atoms with Crippen LogP contribution < -0.4 is 5.32 Å². The van der Waals surface area contributed by atoms with Gasteiger partial charge in [0.25, 0.3) is 0 Å². The lowest BCUT2D eigenvalue weighted by atomic mass is 9.81. The van der Waals surface area contributed by atoms with E-state index in [2.05, 4.69) is 5.32 Å². The Kier molecular flexibility index (Phi) is 2.66. The third kappa shape index (κ3) is 1.64. The Morgan fingerprint density at radius 3 is 2.50 bits per heavy atom. The fraction of sp³-hybridized carbons (Fsp3) is 1.00. The van der Waals surface area contributed by atoms with Crippen LogP contribution in [0, 0.1) is 5.92 Å². The summed E-state index contributed by atoms with van der Waals surface area (Å²) in [4.78, 5) is 0. The molecule has 2 nitrogen and oxygen atoms in total. The molecule has 2 rings (SSSR count). The summed E-state index contributed by atoms with van der Waals surface area (Å²) in [5, 5.41) is 13.3. The van der Waals surface area contributed by atoms with Gasteiger partial charge >= 0.3 is 0 Å². The number of rotatable bonds is 1. The SMILES string of the molecule is O[C@@H]1CCCC[C@@H]1[C@H]1CCCN1. The Hall–Kier alpha value is -0.0800. The molecule has 2 heteroatoms. The molecule has 70 valence electrons. The minimum Gasteiger partial charge on any atom is -0.393 e. The summed E-state index contributed by atoms with van der Waals surface area (Å²) >= 11 is 0. The molecule has 2 fully saturated rings. The Balaban J connectivity index is 1.91. The molecule has 1 aliphatic carbocycles. The van der Waals surface area contributed by atoms with Crippen LogP contribution in [0.25, 0.3) is 0 Å². The van der Waals surface area contributed by atoms with E-state index in [-0.39, 0.29) is 6.10 Å². The highest BCUT2D eigenvalue weighted by atomic mass is 16.3. The molecular weight excluding hydrogens is 150 g/mol. The van der Waals surface area contributed by atoms with Gasteiger partial charge in [0.2, 0.25) is 0 Å². The lowest BCUT2D eigenvalue weighted by Gasteiger charge is -2.32. The van der Waals surface area contributed by atoms with Crippen LogP contribution in [0.5, 0.6) is 0 Å². The smallest absolute Gasteiger partial charge is 0.0583 e. The van der Waals surface area contributed by atoms with Crippen molar-refractivity contribution in [3.63, 3.8) is 0 Å². The van der Waals surface area contributed by atoms with Gasteiger partial charge in [-0.1, -0.05) is 12.8 Å². The van der Waals surface area contributed by atoms with E-state index in [0.717, 1.165) is 13.0 Å². The molecule has 0 amide bonds. The molecule has 0 aromatic heterocycles. The van der Waals surface area contributed by atoms with E-state index in [1.54, 1.807) is 0 Å². The lowest BCUT2D eigenvalue weighted by molar-refractivity contribution is 0.0521. The predicted molar refractivity (Wildman–Crippen MR) is 49.0 cm³/mol. The van der Waals surface area contributed by atoms with E-state index in [1.165, 1.54) is 32.1 Å². The summed E-state index contributed by atoms with van der Waals surface area (Å²) in [7, 11) is 0. The maximum absolute atomic E-state index is 9.79. The Labute approximate surface area is 74.4 Å². The van der Waals surface area contributed by atoms with Crippen molar-refractivity contribution >= 4 is 0 Å². The average molecular weight is 169 g/mol. The topological polar surface area (TPSA) is 32.3 Å². The highest BCUT2D eigenvalue weighted by Crippen LogP contribution is 2.30. The molecule has 12 heavy (non-hydrogen) atoms. The normalized spacial score (nSPS) is 43.2. The van der Waals surface area contributed by atoms with Crippen LogP contribution in [0.2, 0.25) is 0 Å². The van der Waals surface area contributed by atoms with E-state index >= 15 is 0 Å². The van der Waals surface area contributed by atoms with Crippen LogP contribution in [-0.4, -0.2) is 23.8 Å². The highest BCUT2D eigenvalue weighted by Gasteiger charge is 2.31. The third-order valence-corrected chi connectivity index (χ3v) is 3.40. The molecule has 1 saturated carbocycles. The number of aliphatic hydroxyl groups excluding tert-OH is 1. The molecule has 0 aromatic rings. The molecular formula is C10H19NO. The van der Waals surface area contributed by atoms with Gasteiger partial charge in [-0.15, -0.1) is 0 Å². The van der Waals surface area contributed by atoms with Gasteiger partial charge in [-0.25, -0.2) is 0 Å². The van der Waals surface area contributed by atoms with Crippen molar-refractivity contribution in [2.45, 2.75) is 50.7 Å². The van der Waals surface area contributed by atoms with Crippen LogP contribution in [0.15, 0.2) is 0 Å². The largest absolute Gasteiger partial charge is 0.393 e. The number of hydrogen-bond acceptors (Lipinski definition) is 2. The van der Waals surface area contributed by atoms with Crippen LogP contribution in [0.3, 0.4) is 0 Å². The zero-order chi connectivity index (χ0) is 8.39. The minimum absolute atomic E-state index is 0.0191. The number of aliphatic hydroxyl groups is 1. The first kappa shape index (κ1) is 8.52. The summed E-state index contributed by atoms with van der Waals surface area (Å²) in [6, 6.07) is 0.625. The standard InChI is InChI=1S/C10H19NO/c12-10-6-2-1-4-8(10)9-5-3-7-11-9/h8-12H,1-7H2/t8-,9-,10-/m1/s1. The van der Waals surface area contributed by atoms with E-state index < -0.39 is 0 Å². The second-order valence-corrected chi connectivity index (χ2v) is 4.22. The molecule has 0 unspecified atom stereocenters. The second-order valence-electron chi connectivity index (χ2n) is 4.22. The van der Waals surface area contributed by atoms with E-state index in [4.69, 9.17) is 0 Å². The highest BCUT2D eigenvalue weighted by molar-refractivity contribution is 4.87. The predicted octanol–water partition coefficient (Wildman–Crippen LogP) is 1.29. The van der Waals surface area contributed by atoms with E-state index in [0.29, 0.717) is 12.0 Å². The van der Waals surface area contributed by atoms with Crippen molar-refractivity contribution in [1.82, 2.24) is 5.32 Å². The summed E-state index contributed by atoms with van der Waals surface area (Å²) in [6.07, 6.45) is 7.37. The summed E-state index contributed by atoms with van der Waals surface area (Å²) in [5.41, 5.74) is 0. The van der Waals surface area contributed by atoms with Gasteiger partial charge in [0, 0.05) is 12.0 Å². The zero-order valence-corrected chi connectivity index (χ0v) is 7.63. The average Bonchev–Trinajstić information content (AvgIpc) is 2.57. The Bertz CT molecular complexity index is 143. The molecule has 0 aromatic carbocycles. The van der Waals surface area contributed by atoms with Gasteiger partial charge < -0.3 is 10.4 Å². The number of nitrogens with one attached hydrogen (secondary N) is 1. The third-order valence-electron chi connectivity index (χ3n) is 3.40. The molecule has 0 radical (unpaired) electrons. The lowest BCUT2D eigenvalue weighted by Crippen LogP contribution is -2.39. The van der Waals surface area contributed by atoms with Crippen molar-refractivity contribution in [3.05, 3.63) is 0 Å². The van der Waals surface area contributed by atoms with Crippen LogP contribution in [0.4, 0.5) is 0 Å². The van der Waals surface area contributed by atoms with Crippen molar-refractivity contribution in [2.24, 2.45) is 5.92 Å². The minimum atomic E-state index is -0.0191. The Morgan fingerprint density at radius 1 is 1.00 bits per heavy atom. The van der Waals surface area contributed by atoms with Crippen molar-refractivity contribution in [1.29, 1.82) is 0 Å². The van der Waals surface area contributed by atoms with Crippen molar-refractivity contribution in [2.75, 3.05) is 6.54 Å². The first-order valence-corrected chi connectivity index (χ1v) is 5.29. The van der Waals surface area contributed by atoms with Gasteiger partial charge in [0.15, 0.2) is 0 Å². The maximum atomic E-state index is 9.79. The Morgan fingerprint density at radius 2 is 1.83 bits per heavy atom. The monoisotopic (exact) mass is 169 g/mol. The molecule has 1 aliphatic heterocycles.